The maximum absolute atomic E-state index is 14.2. The van der Waals surface area contributed by atoms with Crippen LogP contribution in [0, 0.1) is 11.3 Å². The molecule has 2 heterocycles. The van der Waals surface area contributed by atoms with Gasteiger partial charge < -0.3 is 15.7 Å². The van der Waals surface area contributed by atoms with Crippen LogP contribution in [0.3, 0.4) is 0 Å². The van der Waals surface area contributed by atoms with Crippen molar-refractivity contribution in [3.8, 4) is 0 Å². The van der Waals surface area contributed by atoms with Crippen LogP contribution in [-0.2, 0) is 15.0 Å². The van der Waals surface area contributed by atoms with Crippen LogP contribution in [-0.4, -0.2) is 35.0 Å². The van der Waals surface area contributed by atoms with Gasteiger partial charge in [-0.2, -0.15) is 0 Å². The number of amides is 1. The molecular weight excluding hydrogens is 543 g/mol. The van der Waals surface area contributed by atoms with Crippen molar-refractivity contribution in [2.45, 2.75) is 88.8 Å². The van der Waals surface area contributed by atoms with E-state index >= 15 is 0 Å². The summed E-state index contributed by atoms with van der Waals surface area (Å²) in [5.41, 5.74) is 0.982. The predicted molar refractivity (Wildman–Crippen MR) is 153 cm³/mol. The fourth-order valence-electron chi connectivity index (χ4n) is 6.96. The number of aliphatic hydroxyl groups excluding tert-OH is 1. The fourth-order valence-corrected chi connectivity index (χ4v) is 7.56. The predicted octanol–water partition coefficient (Wildman–Crippen LogP) is 6.91. The lowest BCUT2D eigenvalue weighted by molar-refractivity contribution is -0.123. The number of nitrogens with one attached hydrogen (secondary N) is 2. The van der Waals surface area contributed by atoms with Crippen LogP contribution >= 0.6 is 34.8 Å². The van der Waals surface area contributed by atoms with E-state index < -0.39 is 17.4 Å². The topological polar surface area (TPSA) is 78.4 Å². The van der Waals surface area contributed by atoms with Crippen molar-refractivity contribution in [1.82, 2.24) is 5.32 Å². The Hall–Kier alpha value is -1.63. The van der Waals surface area contributed by atoms with Gasteiger partial charge in [0.25, 0.3) is 0 Å². The van der Waals surface area contributed by atoms with E-state index in [1.807, 2.05) is 18.2 Å². The molecule has 2 aromatic rings. The van der Waals surface area contributed by atoms with E-state index in [-0.39, 0.29) is 35.2 Å². The lowest BCUT2D eigenvalue weighted by Crippen LogP contribution is -2.49. The van der Waals surface area contributed by atoms with Crippen LogP contribution in [0.5, 0.6) is 0 Å². The molecule has 0 bridgehead atoms. The Morgan fingerprint density at radius 1 is 1.08 bits per heavy atom. The lowest BCUT2D eigenvalue weighted by Gasteiger charge is -2.38. The first-order valence-corrected chi connectivity index (χ1v) is 14.6. The highest BCUT2D eigenvalue weighted by atomic mass is 35.5. The molecule has 38 heavy (non-hydrogen) atoms. The minimum Gasteiger partial charge on any atom is -0.393 e. The van der Waals surface area contributed by atoms with Crippen molar-refractivity contribution in [3.63, 3.8) is 0 Å². The number of fused-ring (bicyclic) bond motifs is 2. The number of carbonyl (C=O) groups is 2. The van der Waals surface area contributed by atoms with E-state index in [4.69, 9.17) is 34.8 Å². The third kappa shape index (κ3) is 4.90. The number of Topliss-reactive ketones (excluding diaryl/α,β-unsaturated/α-hetero) is 1. The monoisotopic (exact) mass is 576 g/mol. The van der Waals surface area contributed by atoms with Crippen molar-refractivity contribution < 1.29 is 14.7 Å². The largest absolute Gasteiger partial charge is 0.393 e. The molecule has 1 spiro atoms. The number of rotatable bonds is 5. The second-order valence-electron chi connectivity index (χ2n) is 12.4. The Labute approximate surface area is 239 Å². The van der Waals surface area contributed by atoms with Crippen LogP contribution < -0.4 is 10.6 Å². The second kappa shape index (κ2) is 10.4. The molecule has 0 unspecified atom stereocenters. The van der Waals surface area contributed by atoms with Crippen LogP contribution in [0.2, 0.25) is 15.1 Å². The zero-order valence-corrected chi connectivity index (χ0v) is 24.3. The molecule has 4 atom stereocenters. The molecule has 1 saturated carbocycles. The first-order chi connectivity index (χ1) is 17.9. The molecule has 0 radical (unpaired) electrons. The second-order valence-corrected chi connectivity index (χ2v) is 13.7. The number of carbonyl (C=O) groups excluding carboxylic acids is 2. The standard InChI is InChI=1S/C30H35Cl3N2O3/c1-29(2,3)15-24-30(20-12-9-17(31)14-22(20)34-28(30)38)25(19-5-4-6-21(32)26(19)33)27(35-24)23(37)13-16-7-10-18(36)11-8-16/h4-6,9,12,14,16,18,24-25,27,35-36H,7-8,10-11,13,15H2,1-3H3,(H,34,38)/t16?,18?,24-,25-,27-,30+/m0/s1. The summed E-state index contributed by atoms with van der Waals surface area (Å²) in [7, 11) is 0. The van der Waals surface area contributed by atoms with Gasteiger partial charge >= 0.3 is 0 Å². The highest BCUT2D eigenvalue weighted by Gasteiger charge is 2.65. The molecule has 8 heteroatoms. The van der Waals surface area contributed by atoms with E-state index in [0.717, 1.165) is 18.4 Å². The van der Waals surface area contributed by atoms with Crippen molar-refractivity contribution in [3.05, 3.63) is 62.6 Å². The summed E-state index contributed by atoms with van der Waals surface area (Å²) in [6, 6.07) is 9.97. The quantitative estimate of drug-likeness (QED) is 0.361. The summed E-state index contributed by atoms with van der Waals surface area (Å²) in [5.74, 6) is -0.443. The number of hydrogen-bond donors (Lipinski definition) is 3. The Balaban J connectivity index is 1.67. The number of hydrogen-bond acceptors (Lipinski definition) is 4. The maximum Gasteiger partial charge on any atom is 0.237 e. The van der Waals surface area contributed by atoms with Crippen molar-refractivity contribution in [2.24, 2.45) is 11.3 Å². The summed E-state index contributed by atoms with van der Waals surface area (Å²) in [5, 5.41) is 18.0. The number of ketones is 1. The highest BCUT2D eigenvalue weighted by molar-refractivity contribution is 6.42. The zero-order chi connectivity index (χ0) is 27.4. The van der Waals surface area contributed by atoms with Gasteiger partial charge in [0, 0.05) is 29.1 Å². The molecule has 3 aliphatic rings. The van der Waals surface area contributed by atoms with Gasteiger partial charge in [0.1, 0.15) is 5.41 Å². The Bertz CT molecular complexity index is 1250. The van der Waals surface area contributed by atoms with Gasteiger partial charge in [-0.1, -0.05) is 73.8 Å². The van der Waals surface area contributed by atoms with Crippen molar-refractivity contribution in [2.75, 3.05) is 5.32 Å². The van der Waals surface area contributed by atoms with Gasteiger partial charge in [0.15, 0.2) is 5.78 Å². The summed E-state index contributed by atoms with van der Waals surface area (Å²) in [6.07, 6.45) is 3.85. The Kier molecular flexibility index (Phi) is 7.64. The minimum absolute atomic E-state index is 0.0680. The van der Waals surface area contributed by atoms with Gasteiger partial charge in [0.2, 0.25) is 5.91 Å². The number of halogens is 3. The first kappa shape index (κ1) is 27.9. The van der Waals surface area contributed by atoms with Gasteiger partial charge in [-0.3, -0.25) is 9.59 Å². The maximum atomic E-state index is 14.2. The Morgan fingerprint density at radius 2 is 1.79 bits per heavy atom. The molecule has 1 aliphatic carbocycles. The molecule has 5 rings (SSSR count). The molecule has 1 amide bonds. The van der Waals surface area contributed by atoms with E-state index in [1.165, 1.54) is 0 Å². The van der Waals surface area contributed by atoms with Gasteiger partial charge in [-0.15, -0.1) is 0 Å². The highest BCUT2D eigenvalue weighted by Crippen LogP contribution is 2.58. The molecular formula is C30H35Cl3N2O3. The van der Waals surface area contributed by atoms with E-state index in [2.05, 4.69) is 31.4 Å². The summed E-state index contributed by atoms with van der Waals surface area (Å²) >= 11 is 19.7. The molecule has 3 N–H and O–H groups in total. The molecule has 2 aromatic carbocycles. The molecule has 2 aliphatic heterocycles. The number of benzene rings is 2. The molecule has 2 fully saturated rings. The fraction of sp³-hybridized carbons (Fsp3) is 0.533. The number of aliphatic hydroxyl groups is 1. The SMILES string of the molecule is CC(C)(C)C[C@@H]1N[C@@H](C(=O)CC2CCC(O)CC2)[C@H](c2cccc(Cl)c2Cl)[C@]12C(=O)Nc1cc(Cl)ccc12. The van der Waals surface area contributed by atoms with Crippen LogP contribution in [0.4, 0.5) is 5.69 Å². The van der Waals surface area contributed by atoms with Crippen LogP contribution in [0.25, 0.3) is 0 Å². The molecule has 5 nitrogen and oxygen atoms in total. The van der Waals surface area contributed by atoms with Crippen molar-refractivity contribution in [1.29, 1.82) is 0 Å². The number of anilines is 1. The van der Waals surface area contributed by atoms with E-state index in [9.17, 15) is 14.7 Å². The molecule has 0 aromatic heterocycles. The van der Waals surface area contributed by atoms with Gasteiger partial charge in [-0.25, -0.2) is 0 Å². The molecule has 1 saturated heterocycles. The Morgan fingerprint density at radius 3 is 2.47 bits per heavy atom. The van der Waals surface area contributed by atoms with Crippen LogP contribution in [0.15, 0.2) is 36.4 Å². The minimum atomic E-state index is -1.08. The van der Waals surface area contributed by atoms with Crippen LogP contribution in [0.1, 0.15) is 76.3 Å². The van der Waals surface area contributed by atoms with Gasteiger partial charge in [-0.05, 0) is 72.8 Å². The smallest absolute Gasteiger partial charge is 0.237 e. The van der Waals surface area contributed by atoms with E-state index in [0.29, 0.717) is 52.0 Å². The van der Waals surface area contributed by atoms with Crippen molar-refractivity contribution >= 4 is 52.2 Å². The summed E-state index contributed by atoms with van der Waals surface area (Å²) in [6.45, 7) is 6.42. The summed E-state index contributed by atoms with van der Waals surface area (Å²) < 4.78 is 0. The molecule has 204 valence electrons. The normalized spacial score (nSPS) is 30.9. The van der Waals surface area contributed by atoms with E-state index in [1.54, 1.807) is 18.2 Å². The average Bonchev–Trinajstić information content (AvgIpc) is 3.31. The summed E-state index contributed by atoms with van der Waals surface area (Å²) in [4.78, 5) is 28.4. The van der Waals surface area contributed by atoms with Gasteiger partial charge in [0.05, 0.1) is 22.2 Å². The zero-order valence-electron chi connectivity index (χ0n) is 22.0. The third-order valence-electron chi connectivity index (χ3n) is 8.59. The lowest BCUT2D eigenvalue weighted by atomic mass is 9.62. The first-order valence-electron chi connectivity index (χ1n) is 13.4. The average molecular weight is 578 g/mol. The third-order valence-corrected chi connectivity index (χ3v) is 9.66.